The van der Waals surface area contributed by atoms with Crippen LogP contribution in [0.4, 0.5) is 0 Å². The van der Waals surface area contributed by atoms with Gasteiger partial charge in [0.15, 0.2) is 0 Å². The van der Waals surface area contributed by atoms with E-state index in [1.54, 1.807) is 0 Å². The average Bonchev–Trinajstić information content (AvgIpc) is 2.25. The molecule has 3 heteroatoms. The maximum absolute atomic E-state index is 3.62. The third kappa shape index (κ3) is 6.64. The number of rotatable bonds is 6. The van der Waals surface area contributed by atoms with Crippen LogP contribution < -0.4 is 5.32 Å². The number of halogens is 1. The smallest absolute Gasteiger partial charge is 0.0242 e. The van der Waals surface area contributed by atoms with Crippen LogP contribution in [-0.2, 0) is 0 Å². The molecule has 0 saturated heterocycles. The van der Waals surface area contributed by atoms with E-state index in [4.69, 9.17) is 0 Å². The maximum Gasteiger partial charge on any atom is 0.0242 e. The minimum atomic E-state index is 0. The lowest BCUT2D eigenvalue weighted by molar-refractivity contribution is 0.165. The first kappa shape index (κ1) is 17.2. The second-order valence-corrected chi connectivity index (χ2v) is 5.98. The lowest BCUT2D eigenvalue weighted by Crippen LogP contribution is -2.44. The molecule has 1 unspecified atom stereocenters. The van der Waals surface area contributed by atoms with Crippen molar-refractivity contribution in [2.45, 2.75) is 52.0 Å². The third-order valence-electron chi connectivity index (χ3n) is 3.76. The van der Waals surface area contributed by atoms with Gasteiger partial charge in [-0.3, -0.25) is 0 Å². The Hall–Kier alpha value is 0.210. The zero-order chi connectivity index (χ0) is 12.0. The molecule has 0 amide bonds. The van der Waals surface area contributed by atoms with Crippen LogP contribution in [0.2, 0.25) is 0 Å². The zero-order valence-corrected chi connectivity index (χ0v) is 12.9. The van der Waals surface area contributed by atoms with Crippen molar-refractivity contribution in [3.63, 3.8) is 0 Å². The van der Waals surface area contributed by atoms with E-state index in [2.05, 4.69) is 38.2 Å². The van der Waals surface area contributed by atoms with Gasteiger partial charge in [0.1, 0.15) is 0 Å². The van der Waals surface area contributed by atoms with Gasteiger partial charge in [-0.2, -0.15) is 0 Å². The van der Waals surface area contributed by atoms with Crippen LogP contribution >= 0.6 is 12.4 Å². The van der Waals surface area contributed by atoms with Gasteiger partial charge in [0.25, 0.3) is 0 Å². The molecule has 17 heavy (non-hydrogen) atoms. The fourth-order valence-corrected chi connectivity index (χ4v) is 2.81. The van der Waals surface area contributed by atoms with E-state index in [0.717, 1.165) is 31.0 Å². The van der Waals surface area contributed by atoms with Gasteiger partial charge in [0.05, 0.1) is 0 Å². The number of nitrogens with zero attached hydrogens (tertiary/aromatic N) is 1. The highest BCUT2D eigenvalue weighted by Crippen LogP contribution is 2.27. The quantitative estimate of drug-likeness (QED) is 0.791. The Labute approximate surface area is 114 Å². The monoisotopic (exact) mass is 262 g/mol. The summed E-state index contributed by atoms with van der Waals surface area (Å²) in [5.74, 6) is 1.68. The molecule has 0 aromatic carbocycles. The Balaban J connectivity index is 0.00000256. The van der Waals surface area contributed by atoms with Crippen LogP contribution in [0.15, 0.2) is 0 Å². The van der Waals surface area contributed by atoms with E-state index in [0.29, 0.717) is 0 Å². The van der Waals surface area contributed by atoms with Crippen molar-refractivity contribution in [1.29, 1.82) is 0 Å². The van der Waals surface area contributed by atoms with Gasteiger partial charge in [-0.25, -0.2) is 0 Å². The number of nitrogens with one attached hydrogen (secondary N) is 1. The van der Waals surface area contributed by atoms with Crippen molar-refractivity contribution in [3.05, 3.63) is 0 Å². The Morgan fingerprint density at radius 2 is 1.65 bits per heavy atom. The van der Waals surface area contributed by atoms with E-state index >= 15 is 0 Å². The molecular formula is C14H31ClN2. The molecule has 0 heterocycles. The van der Waals surface area contributed by atoms with Gasteiger partial charge in [-0.1, -0.05) is 33.1 Å². The third-order valence-corrected chi connectivity index (χ3v) is 3.76. The highest BCUT2D eigenvalue weighted by molar-refractivity contribution is 5.85. The van der Waals surface area contributed by atoms with Crippen molar-refractivity contribution < 1.29 is 0 Å². The summed E-state index contributed by atoms with van der Waals surface area (Å²) in [5, 5.41) is 3.62. The van der Waals surface area contributed by atoms with E-state index in [9.17, 15) is 0 Å². The maximum atomic E-state index is 3.62. The molecule has 1 N–H and O–H groups in total. The summed E-state index contributed by atoms with van der Waals surface area (Å²) in [4.78, 5) is 2.42. The zero-order valence-electron chi connectivity index (χ0n) is 12.0. The van der Waals surface area contributed by atoms with E-state index in [1.807, 2.05) is 0 Å². The van der Waals surface area contributed by atoms with Gasteiger partial charge in [-0.15, -0.1) is 12.4 Å². The molecule has 0 aromatic rings. The topological polar surface area (TPSA) is 15.3 Å². The van der Waals surface area contributed by atoms with Crippen LogP contribution in [0.1, 0.15) is 46.0 Å². The second-order valence-electron chi connectivity index (χ2n) is 5.98. The molecule has 1 aliphatic rings. The largest absolute Gasteiger partial charge is 0.315 e. The average molecular weight is 263 g/mol. The lowest BCUT2D eigenvalue weighted by atomic mass is 9.83. The molecule has 104 valence electrons. The van der Waals surface area contributed by atoms with Crippen LogP contribution in [0.5, 0.6) is 0 Å². The predicted octanol–water partition coefficient (Wildman–Crippen LogP) is 3.16. The minimum Gasteiger partial charge on any atom is -0.315 e. The summed E-state index contributed by atoms with van der Waals surface area (Å²) in [6.07, 6.45) is 7.22. The Kier molecular flexibility index (Phi) is 9.29. The molecule has 0 aromatic heterocycles. The molecule has 0 spiro atoms. The van der Waals surface area contributed by atoms with Crippen LogP contribution in [0.25, 0.3) is 0 Å². The molecule has 1 rings (SSSR count). The molecule has 1 aliphatic carbocycles. The molecule has 1 saturated carbocycles. The van der Waals surface area contributed by atoms with Gasteiger partial charge < -0.3 is 10.2 Å². The first-order chi connectivity index (χ1) is 7.61. The first-order valence-corrected chi connectivity index (χ1v) is 6.98. The van der Waals surface area contributed by atoms with E-state index in [1.165, 1.54) is 32.1 Å². The summed E-state index contributed by atoms with van der Waals surface area (Å²) in [6.45, 7) is 6.86. The molecule has 1 fully saturated rings. The summed E-state index contributed by atoms with van der Waals surface area (Å²) < 4.78 is 0. The number of hydrogen-bond acceptors (Lipinski definition) is 2. The van der Waals surface area contributed by atoms with Crippen molar-refractivity contribution in [2.75, 3.05) is 27.2 Å². The molecular weight excluding hydrogens is 232 g/mol. The van der Waals surface area contributed by atoms with E-state index in [-0.39, 0.29) is 12.4 Å². The Morgan fingerprint density at radius 1 is 1.06 bits per heavy atom. The standard InChI is InChI=1S/C14H30N2.ClH/c1-12(2)10-15-11-14(16(3)4)13-8-6-5-7-9-13;/h12-15H,5-11H2,1-4H3;1H. The van der Waals surface area contributed by atoms with Crippen LogP contribution in [0, 0.1) is 11.8 Å². The van der Waals surface area contributed by atoms with Crippen LogP contribution in [0.3, 0.4) is 0 Å². The highest BCUT2D eigenvalue weighted by atomic mass is 35.5. The summed E-state index contributed by atoms with van der Waals surface area (Å²) in [6, 6.07) is 0.735. The lowest BCUT2D eigenvalue weighted by Gasteiger charge is -2.35. The van der Waals surface area contributed by atoms with Gasteiger partial charge in [0, 0.05) is 12.6 Å². The molecule has 1 atom stereocenters. The first-order valence-electron chi connectivity index (χ1n) is 6.98. The van der Waals surface area contributed by atoms with Crippen molar-refractivity contribution >= 4 is 12.4 Å². The Bertz CT molecular complexity index is 177. The predicted molar refractivity (Wildman–Crippen MR) is 79.0 cm³/mol. The second kappa shape index (κ2) is 9.18. The number of likely N-dealkylation sites (N-methyl/N-ethyl adjacent to an activating group) is 1. The van der Waals surface area contributed by atoms with Gasteiger partial charge >= 0.3 is 0 Å². The van der Waals surface area contributed by atoms with Crippen molar-refractivity contribution in [1.82, 2.24) is 10.2 Å². The summed E-state index contributed by atoms with van der Waals surface area (Å²) in [5.41, 5.74) is 0. The van der Waals surface area contributed by atoms with Crippen molar-refractivity contribution in [3.8, 4) is 0 Å². The molecule has 0 aliphatic heterocycles. The fourth-order valence-electron chi connectivity index (χ4n) is 2.81. The fraction of sp³-hybridized carbons (Fsp3) is 1.00. The normalized spacial score (nSPS) is 19.4. The van der Waals surface area contributed by atoms with Crippen LogP contribution in [-0.4, -0.2) is 38.1 Å². The Morgan fingerprint density at radius 3 is 2.12 bits per heavy atom. The SMILES string of the molecule is CC(C)CNCC(C1CCCCC1)N(C)C.Cl. The molecule has 0 radical (unpaired) electrons. The minimum absolute atomic E-state index is 0. The van der Waals surface area contributed by atoms with Gasteiger partial charge in [-0.05, 0) is 45.3 Å². The number of hydrogen-bond donors (Lipinski definition) is 1. The molecule has 2 nitrogen and oxygen atoms in total. The highest BCUT2D eigenvalue weighted by Gasteiger charge is 2.24. The summed E-state index contributed by atoms with van der Waals surface area (Å²) in [7, 11) is 4.46. The van der Waals surface area contributed by atoms with Gasteiger partial charge in [0.2, 0.25) is 0 Å². The summed E-state index contributed by atoms with van der Waals surface area (Å²) >= 11 is 0. The van der Waals surface area contributed by atoms with E-state index < -0.39 is 0 Å². The van der Waals surface area contributed by atoms with Crippen molar-refractivity contribution in [2.24, 2.45) is 11.8 Å². The molecule has 0 bridgehead atoms.